The van der Waals surface area contributed by atoms with Crippen LogP contribution < -0.4 is 10.9 Å². The molecule has 24 heavy (non-hydrogen) atoms. The predicted molar refractivity (Wildman–Crippen MR) is 101 cm³/mol. The predicted octanol–water partition coefficient (Wildman–Crippen LogP) is 4.76. The van der Waals surface area contributed by atoms with Crippen molar-refractivity contribution in [2.45, 2.75) is 13.3 Å². The van der Waals surface area contributed by atoms with Crippen molar-refractivity contribution in [3.8, 4) is 0 Å². The molecule has 0 aliphatic carbocycles. The largest absolute Gasteiger partial charge is 0.322 e. The molecular formula is C18H14BrClN2O2. The minimum atomic E-state index is -0.311. The van der Waals surface area contributed by atoms with Gasteiger partial charge in [-0.25, -0.2) is 0 Å². The molecule has 0 aliphatic heterocycles. The highest BCUT2D eigenvalue weighted by Gasteiger charge is 2.12. The van der Waals surface area contributed by atoms with E-state index >= 15 is 0 Å². The number of carbonyl (C=O) groups excluding carboxylic acids is 1. The molecule has 2 N–H and O–H groups in total. The molecule has 0 saturated heterocycles. The number of aromatic nitrogens is 1. The zero-order chi connectivity index (χ0) is 17.3. The Morgan fingerprint density at radius 2 is 2.00 bits per heavy atom. The lowest BCUT2D eigenvalue weighted by Gasteiger charge is -2.09. The first kappa shape index (κ1) is 16.7. The lowest BCUT2D eigenvalue weighted by atomic mass is 10.1. The van der Waals surface area contributed by atoms with Crippen LogP contribution in [0.2, 0.25) is 5.02 Å². The van der Waals surface area contributed by atoms with Gasteiger partial charge < -0.3 is 10.3 Å². The Hall–Kier alpha value is -2.11. The highest BCUT2D eigenvalue weighted by molar-refractivity contribution is 9.10. The SMILES string of the molecule is CCc1cc(=O)[nH]c2cc(NC(=O)c3cc(Br)ccc3Cl)ccc12. The van der Waals surface area contributed by atoms with Gasteiger partial charge in [-0.2, -0.15) is 0 Å². The van der Waals surface area contributed by atoms with E-state index in [0.29, 0.717) is 21.8 Å². The number of anilines is 1. The molecule has 3 rings (SSSR count). The number of halogens is 2. The van der Waals surface area contributed by atoms with Gasteiger partial charge in [0.05, 0.1) is 16.1 Å². The average Bonchev–Trinajstić information content (AvgIpc) is 2.55. The molecule has 0 fully saturated rings. The molecule has 0 bridgehead atoms. The molecule has 0 atom stereocenters. The maximum Gasteiger partial charge on any atom is 0.257 e. The molecule has 1 amide bonds. The Bertz CT molecular complexity index is 998. The summed E-state index contributed by atoms with van der Waals surface area (Å²) < 4.78 is 0.771. The van der Waals surface area contributed by atoms with Crippen LogP contribution in [0.1, 0.15) is 22.8 Å². The molecule has 0 aliphatic rings. The first-order valence-corrected chi connectivity index (χ1v) is 8.57. The Morgan fingerprint density at radius 1 is 1.21 bits per heavy atom. The van der Waals surface area contributed by atoms with Crippen molar-refractivity contribution in [3.63, 3.8) is 0 Å². The molecule has 122 valence electrons. The monoisotopic (exact) mass is 404 g/mol. The minimum Gasteiger partial charge on any atom is -0.322 e. The molecule has 0 radical (unpaired) electrons. The third-order valence-corrected chi connectivity index (χ3v) is 4.56. The van der Waals surface area contributed by atoms with E-state index in [0.717, 1.165) is 21.8 Å². The van der Waals surface area contributed by atoms with E-state index in [4.69, 9.17) is 11.6 Å². The van der Waals surface area contributed by atoms with Gasteiger partial charge in [0.25, 0.3) is 5.91 Å². The maximum absolute atomic E-state index is 12.4. The van der Waals surface area contributed by atoms with E-state index in [1.54, 1.807) is 30.3 Å². The highest BCUT2D eigenvalue weighted by atomic mass is 79.9. The second-order valence-electron chi connectivity index (χ2n) is 5.35. The third-order valence-electron chi connectivity index (χ3n) is 3.74. The van der Waals surface area contributed by atoms with Crippen LogP contribution in [0.15, 0.2) is 51.7 Å². The summed E-state index contributed by atoms with van der Waals surface area (Å²) in [5.41, 5.74) is 2.48. The minimum absolute atomic E-state index is 0.155. The van der Waals surface area contributed by atoms with Gasteiger partial charge in [0, 0.05) is 21.6 Å². The van der Waals surface area contributed by atoms with Gasteiger partial charge in [0.2, 0.25) is 5.56 Å². The number of hydrogen-bond donors (Lipinski definition) is 2. The first-order valence-electron chi connectivity index (χ1n) is 7.40. The molecule has 2 aromatic carbocycles. The summed E-state index contributed by atoms with van der Waals surface area (Å²) in [4.78, 5) is 27.0. The van der Waals surface area contributed by atoms with Crippen molar-refractivity contribution >= 4 is 50.0 Å². The van der Waals surface area contributed by atoms with Crippen LogP contribution in [0, 0.1) is 0 Å². The fourth-order valence-electron chi connectivity index (χ4n) is 2.57. The van der Waals surface area contributed by atoms with Gasteiger partial charge in [-0.15, -0.1) is 0 Å². The van der Waals surface area contributed by atoms with E-state index in [-0.39, 0.29) is 11.5 Å². The van der Waals surface area contributed by atoms with Crippen molar-refractivity contribution in [3.05, 3.63) is 73.4 Å². The Labute approximate surface area is 152 Å². The normalized spacial score (nSPS) is 10.8. The smallest absolute Gasteiger partial charge is 0.257 e. The van der Waals surface area contributed by atoms with E-state index < -0.39 is 0 Å². The summed E-state index contributed by atoms with van der Waals surface area (Å²) in [5.74, 6) is -0.311. The Morgan fingerprint density at radius 3 is 2.75 bits per heavy atom. The van der Waals surface area contributed by atoms with Crippen LogP contribution >= 0.6 is 27.5 Å². The Balaban J connectivity index is 1.97. The number of amides is 1. The van der Waals surface area contributed by atoms with Crippen LogP contribution in [0.5, 0.6) is 0 Å². The van der Waals surface area contributed by atoms with Gasteiger partial charge >= 0.3 is 0 Å². The Kier molecular flexibility index (Phi) is 4.73. The molecule has 1 aromatic heterocycles. The molecule has 0 unspecified atom stereocenters. The fourth-order valence-corrected chi connectivity index (χ4v) is 3.14. The van der Waals surface area contributed by atoms with E-state index in [1.807, 2.05) is 19.1 Å². The summed E-state index contributed by atoms with van der Waals surface area (Å²) in [6, 6.07) is 12.1. The molecule has 4 nitrogen and oxygen atoms in total. The average molecular weight is 406 g/mol. The van der Waals surface area contributed by atoms with E-state index in [9.17, 15) is 9.59 Å². The number of hydrogen-bond acceptors (Lipinski definition) is 2. The lowest BCUT2D eigenvalue weighted by molar-refractivity contribution is 0.102. The number of pyridine rings is 1. The number of aryl methyl sites for hydroxylation is 1. The highest BCUT2D eigenvalue weighted by Crippen LogP contribution is 2.24. The van der Waals surface area contributed by atoms with Crippen LogP contribution in [0.25, 0.3) is 10.9 Å². The standard InChI is InChI=1S/C18H14BrClN2O2/c1-2-10-7-17(23)22-16-9-12(4-5-13(10)16)21-18(24)14-8-11(19)3-6-15(14)20/h3-9H,2H2,1H3,(H,21,24)(H,22,23). The molecule has 0 spiro atoms. The van der Waals surface area contributed by atoms with Gasteiger partial charge in [0.15, 0.2) is 0 Å². The molecule has 1 heterocycles. The summed E-state index contributed by atoms with van der Waals surface area (Å²) >= 11 is 9.41. The molecular weight excluding hydrogens is 392 g/mol. The summed E-state index contributed by atoms with van der Waals surface area (Å²) in [6.07, 6.45) is 0.764. The number of nitrogens with one attached hydrogen (secondary N) is 2. The lowest BCUT2D eigenvalue weighted by Crippen LogP contribution is -2.13. The van der Waals surface area contributed by atoms with Crippen molar-refractivity contribution in [1.29, 1.82) is 0 Å². The second-order valence-corrected chi connectivity index (χ2v) is 6.67. The quantitative estimate of drug-likeness (QED) is 0.660. The number of fused-ring (bicyclic) bond motifs is 1. The zero-order valence-corrected chi connectivity index (χ0v) is 15.2. The molecule has 6 heteroatoms. The summed E-state index contributed by atoms with van der Waals surface area (Å²) in [5, 5.41) is 4.15. The number of rotatable bonds is 3. The first-order chi connectivity index (χ1) is 11.5. The number of benzene rings is 2. The third kappa shape index (κ3) is 3.37. The van der Waals surface area contributed by atoms with E-state index in [1.165, 1.54) is 0 Å². The van der Waals surface area contributed by atoms with Gasteiger partial charge in [0.1, 0.15) is 0 Å². The van der Waals surface area contributed by atoms with Crippen molar-refractivity contribution in [1.82, 2.24) is 4.98 Å². The number of H-pyrrole nitrogens is 1. The van der Waals surface area contributed by atoms with E-state index in [2.05, 4.69) is 26.2 Å². The van der Waals surface area contributed by atoms with Crippen LogP contribution in [0.4, 0.5) is 5.69 Å². The summed E-state index contributed by atoms with van der Waals surface area (Å²) in [6.45, 7) is 2.00. The zero-order valence-electron chi connectivity index (χ0n) is 12.8. The number of carbonyl (C=O) groups is 1. The van der Waals surface area contributed by atoms with Gasteiger partial charge in [-0.1, -0.05) is 40.5 Å². The summed E-state index contributed by atoms with van der Waals surface area (Å²) in [7, 11) is 0. The van der Waals surface area contributed by atoms with Crippen molar-refractivity contribution in [2.75, 3.05) is 5.32 Å². The number of aromatic amines is 1. The van der Waals surface area contributed by atoms with Crippen LogP contribution in [0.3, 0.4) is 0 Å². The fraction of sp³-hybridized carbons (Fsp3) is 0.111. The topological polar surface area (TPSA) is 62.0 Å². The van der Waals surface area contributed by atoms with Gasteiger partial charge in [-0.3, -0.25) is 9.59 Å². The maximum atomic E-state index is 12.4. The van der Waals surface area contributed by atoms with Crippen molar-refractivity contribution in [2.24, 2.45) is 0 Å². The van der Waals surface area contributed by atoms with Gasteiger partial charge in [-0.05, 0) is 42.3 Å². The molecule has 0 saturated carbocycles. The molecule has 3 aromatic rings. The van der Waals surface area contributed by atoms with Crippen LogP contribution in [-0.2, 0) is 6.42 Å². The van der Waals surface area contributed by atoms with Crippen LogP contribution in [-0.4, -0.2) is 10.9 Å². The second kappa shape index (κ2) is 6.79. The van der Waals surface area contributed by atoms with Crippen molar-refractivity contribution < 1.29 is 4.79 Å².